The number of aliphatic hydroxyl groups excluding tert-OH is 2. The van der Waals surface area contributed by atoms with Gasteiger partial charge in [0.25, 0.3) is 0 Å². The van der Waals surface area contributed by atoms with Crippen LogP contribution in [0.4, 0.5) is 0 Å². The molecule has 7 atom stereocenters. The average molecular weight is 304 g/mol. The maximum atomic E-state index is 10.6. The van der Waals surface area contributed by atoms with E-state index in [2.05, 4.69) is 26.8 Å². The monoisotopic (exact) mass is 304 g/mol. The van der Waals surface area contributed by atoms with E-state index in [1.165, 1.54) is 25.7 Å². The Kier molecular flexibility index (Phi) is 3.18. The molecule has 0 bridgehead atoms. The molecule has 2 nitrogen and oxygen atoms in total. The van der Waals surface area contributed by atoms with Crippen LogP contribution in [0.25, 0.3) is 0 Å². The zero-order valence-electron chi connectivity index (χ0n) is 14.4. The first-order chi connectivity index (χ1) is 10.3. The summed E-state index contributed by atoms with van der Waals surface area (Å²) in [5.74, 6) is 1.47. The fourth-order valence-corrected chi connectivity index (χ4v) is 7.00. The normalized spacial score (nSPS) is 57.6. The van der Waals surface area contributed by atoms with E-state index in [-0.39, 0.29) is 23.0 Å². The van der Waals surface area contributed by atoms with E-state index in [0.717, 1.165) is 31.6 Å². The molecule has 124 valence electrons. The van der Waals surface area contributed by atoms with E-state index in [1.807, 2.05) is 0 Å². The minimum Gasteiger partial charge on any atom is -0.393 e. The summed E-state index contributed by atoms with van der Waals surface area (Å²) in [5, 5.41) is 20.7. The first-order valence-electron chi connectivity index (χ1n) is 9.37. The largest absolute Gasteiger partial charge is 0.393 e. The van der Waals surface area contributed by atoms with Crippen molar-refractivity contribution >= 4 is 0 Å². The number of aliphatic hydroxyl groups is 2. The van der Waals surface area contributed by atoms with Crippen molar-refractivity contribution in [2.45, 2.75) is 84.3 Å². The molecule has 0 aliphatic heterocycles. The molecule has 4 rings (SSSR count). The third-order valence-electron chi connectivity index (χ3n) is 8.88. The Balaban J connectivity index is 1.73. The number of rotatable bonds is 0. The minimum atomic E-state index is -0.117. The second kappa shape index (κ2) is 4.60. The van der Waals surface area contributed by atoms with Crippen molar-refractivity contribution in [2.24, 2.45) is 28.1 Å². The van der Waals surface area contributed by atoms with Crippen LogP contribution in [0.15, 0.2) is 11.6 Å². The molecule has 0 amide bonds. The van der Waals surface area contributed by atoms with E-state index in [4.69, 9.17) is 0 Å². The molecule has 4 aliphatic carbocycles. The summed E-state index contributed by atoms with van der Waals surface area (Å²) < 4.78 is 0. The summed E-state index contributed by atoms with van der Waals surface area (Å²) in [5.41, 5.74) is 2.25. The maximum Gasteiger partial charge on any atom is 0.0599 e. The van der Waals surface area contributed by atoms with Crippen molar-refractivity contribution in [3.05, 3.63) is 11.6 Å². The lowest BCUT2D eigenvalue weighted by Gasteiger charge is -2.62. The Labute approximate surface area is 135 Å². The minimum absolute atomic E-state index is 0.107. The standard InChI is InChI=1S/C20H32O2/c1-18-9-6-14(21)12-13(18)4-5-16-15(18)7-10-20(3)17(22)8-11-19(16,20)2/h4,14-17,21-22H,5-12H2,1-3H3/t14-,15-,16+,17+,18-,19-,20+/m0/s1. The van der Waals surface area contributed by atoms with E-state index < -0.39 is 0 Å². The first kappa shape index (κ1) is 15.2. The lowest BCUT2D eigenvalue weighted by atomic mass is 9.43. The highest BCUT2D eigenvalue weighted by atomic mass is 16.3. The lowest BCUT2D eigenvalue weighted by Crippen LogP contribution is -2.56. The van der Waals surface area contributed by atoms with E-state index in [1.54, 1.807) is 5.57 Å². The zero-order chi connectivity index (χ0) is 15.8. The smallest absolute Gasteiger partial charge is 0.0599 e. The fourth-order valence-electron chi connectivity index (χ4n) is 7.00. The van der Waals surface area contributed by atoms with Gasteiger partial charge in [-0.2, -0.15) is 0 Å². The second-order valence-corrected chi connectivity index (χ2v) is 9.42. The van der Waals surface area contributed by atoms with Crippen molar-refractivity contribution in [1.82, 2.24) is 0 Å². The van der Waals surface area contributed by atoms with Gasteiger partial charge in [0.1, 0.15) is 0 Å². The summed E-state index contributed by atoms with van der Waals surface area (Å²) in [6.45, 7) is 7.30. The van der Waals surface area contributed by atoms with E-state index in [9.17, 15) is 10.2 Å². The van der Waals surface area contributed by atoms with Crippen molar-refractivity contribution in [2.75, 3.05) is 0 Å². The Bertz CT molecular complexity index is 512. The third-order valence-corrected chi connectivity index (χ3v) is 8.88. The molecule has 0 saturated heterocycles. The number of fused-ring (bicyclic) bond motifs is 5. The quantitative estimate of drug-likeness (QED) is 0.663. The van der Waals surface area contributed by atoms with Crippen LogP contribution in [-0.2, 0) is 0 Å². The highest BCUT2D eigenvalue weighted by Gasteiger charge is 2.64. The van der Waals surface area contributed by atoms with E-state index >= 15 is 0 Å². The van der Waals surface area contributed by atoms with Crippen molar-refractivity contribution in [3.63, 3.8) is 0 Å². The summed E-state index contributed by atoms with van der Waals surface area (Å²) in [7, 11) is 0. The number of hydrogen-bond donors (Lipinski definition) is 2. The molecular weight excluding hydrogens is 272 g/mol. The molecule has 3 fully saturated rings. The van der Waals surface area contributed by atoms with Gasteiger partial charge >= 0.3 is 0 Å². The summed E-state index contributed by atoms with van der Waals surface area (Å²) in [6, 6.07) is 0. The van der Waals surface area contributed by atoms with Crippen molar-refractivity contribution < 1.29 is 10.2 Å². The Hall–Kier alpha value is -0.340. The van der Waals surface area contributed by atoms with Crippen molar-refractivity contribution in [1.29, 1.82) is 0 Å². The molecule has 0 aromatic rings. The Morgan fingerprint density at radius 3 is 2.41 bits per heavy atom. The van der Waals surface area contributed by atoms with Crippen LogP contribution in [0.2, 0.25) is 0 Å². The zero-order valence-corrected chi connectivity index (χ0v) is 14.4. The molecule has 22 heavy (non-hydrogen) atoms. The summed E-state index contributed by atoms with van der Waals surface area (Å²) >= 11 is 0. The van der Waals surface area contributed by atoms with Gasteiger partial charge in [0, 0.05) is 0 Å². The van der Waals surface area contributed by atoms with Crippen LogP contribution in [0.3, 0.4) is 0 Å². The number of allylic oxidation sites excluding steroid dienone is 1. The molecule has 0 radical (unpaired) electrons. The molecule has 0 heterocycles. The van der Waals surface area contributed by atoms with Gasteiger partial charge in [-0.25, -0.2) is 0 Å². The van der Waals surface area contributed by atoms with Gasteiger partial charge in [-0.3, -0.25) is 0 Å². The van der Waals surface area contributed by atoms with Crippen molar-refractivity contribution in [3.8, 4) is 0 Å². The molecule has 3 saturated carbocycles. The molecular formula is C20H32O2. The Morgan fingerprint density at radius 1 is 0.909 bits per heavy atom. The topological polar surface area (TPSA) is 40.5 Å². The molecule has 0 unspecified atom stereocenters. The summed E-state index contributed by atoms with van der Waals surface area (Å²) in [4.78, 5) is 0. The van der Waals surface area contributed by atoms with E-state index in [0.29, 0.717) is 11.3 Å². The highest BCUT2D eigenvalue weighted by molar-refractivity contribution is 5.26. The van der Waals surface area contributed by atoms with Gasteiger partial charge in [-0.1, -0.05) is 32.4 Å². The molecule has 0 aromatic heterocycles. The van der Waals surface area contributed by atoms with Crippen LogP contribution in [0, 0.1) is 28.1 Å². The SMILES string of the molecule is C[C@]12CC[C@H](O)CC1=CC[C@@H]1[C@@H]2CC[C@]2(C)[C@H](O)CC[C@@]12C. The molecule has 0 aromatic carbocycles. The van der Waals surface area contributed by atoms with Crippen LogP contribution in [-0.4, -0.2) is 22.4 Å². The molecule has 0 spiro atoms. The number of hydrogen-bond acceptors (Lipinski definition) is 2. The van der Waals surface area contributed by atoms with Crippen LogP contribution in [0.1, 0.15) is 72.1 Å². The lowest BCUT2D eigenvalue weighted by molar-refractivity contribution is -0.124. The molecule has 2 N–H and O–H groups in total. The highest BCUT2D eigenvalue weighted by Crippen LogP contribution is 2.70. The van der Waals surface area contributed by atoms with Gasteiger partial charge in [0.15, 0.2) is 0 Å². The predicted octanol–water partition coefficient (Wildman–Crippen LogP) is 4.06. The second-order valence-electron chi connectivity index (χ2n) is 9.42. The van der Waals surface area contributed by atoms with Gasteiger partial charge in [0.05, 0.1) is 12.2 Å². The van der Waals surface area contributed by atoms with Gasteiger partial charge in [-0.05, 0) is 79.4 Å². The maximum absolute atomic E-state index is 10.6. The first-order valence-corrected chi connectivity index (χ1v) is 9.37. The van der Waals surface area contributed by atoms with Crippen LogP contribution >= 0.6 is 0 Å². The average Bonchev–Trinajstić information content (AvgIpc) is 2.72. The van der Waals surface area contributed by atoms with Crippen LogP contribution < -0.4 is 0 Å². The van der Waals surface area contributed by atoms with Gasteiger partial charge in [0.2, 0.25) is 0 Å². The summed E-state index contributed by atoms with van der Waals surface area (Å²) in [6.07, 6.45) is 11.1. The fraction of sp³-hybridized carbons (Fsp3) is 0.900. The van der Waals surface area contributed by atoms with Gasteiger partial charge in [-0.15, -0.1) is 0 Å². The predicted molar refractivity (Wildman–Crippen MR) is 88.3 cm³/mol. The molecule has 4 aliphatic rings. The van der Waals surface area contributed by atoms with Crippen LogP contribution in [0.5, 0.6) is 0 Å². The molecule has 2 heteroatoms. The Morgan fingerprint density at radius 2 is 1.64 bits per heavy atom. The third kappa shape index (κ3) is 1.69. The van der Waals surface area contributed by atoms with Gasteiger partial charge < -0.3 is 10.2 Å².